The molecule has 3 rings (SSSR count). The van der Waals surface area contributed by atoms with E-state index in [4.69, 9.17) is 27.4 Å². The standard InChI is InChI=1S/C19H20N4O3S/c1-3-11-13(12-7-6-10(2)26-12)14-15(20)16(17(21)25)27-19(14)23-18(11)22-8-4-5-9-24/h1,6-7,24H,4-5,8-9,20H2,2H3,(H2,21,25)(H,22,23). The van der Waals surface area contributed by atoms with Gasteiger partial charge in [0.25, 0.3) is 5.91 Å². The number of fused-ring (bicyclic) bond motifs is 1. The molecule has 7 nitrogen and oxygen atoms in total. The van der Waals surface area contributed by atoms with E-state index in [-0.39, 0.29) is 17.2 Å². The van der Waals surface area contributed by atoms with Gasteiger partial charge in [-0.2, -0.15) is 0 Å². The molecule has 0 unspecified atom stereocenters. The van der Waals surface area contributed by atoms with Gasteiger partial charge in [0.05, 0.1) is 11.3 Å². The number of unbranched alkanes of at least 4 members (excludes halogenated alkanes) is 1. The Morgan fingerprint density at radius 2 is 2.22 bits per heavy atom. The number of carbonyl (C=O) groups excluding carboxylic acids is 1. The van der Waals surface area contributed by atoms with Gasteiger partial charge in [0.1, 0.15) is 27.0 Å². The van der Waals surface area contributed by atoms with Gasteiger partial charge in [-0.25, -0.2) is 4.98 Å². The number of rotatable bonds is 7. The van der Waals surface area contributed by atoms with E-state index in [9.17, 15) is 4.79 Å². The Kier molecular flexibility index (Phi) is 5.35. The molecule has 3 heterocycles. The molecule has 0 saturated heterocycles. The number of hydrogen-bond acceptors (Lipinski definition) is 7. The Morgan fingerprint density at radius 1 is 1.44 bits per heavy atom. The first-order valence-corrected chi connectivity index (χ1v) is 9.23. The van der Waals surface area contributed by atoms with Crippen LogP contribution in [0.15, 0.2) is 16.5 Å². The van der Waals surface area contributed by atoms with Gasteiger partial charge in [-0.1, -0.05) is 5.92 Å². The minimum atomic E-state index is -0.614. The van der Waals surface area contributed by atoms with Gasteiger partial charge in [0.2, 0.25) is 0 Å². The molecule has 0 fully saturated rings. The number of furan rings is 1. The Hall–Kier alpha value is -3.02. The highest BCUT2D eigenvalue weighted by atomic mass is 32.1. The van der Waals surface area contributed by atoms with E-state index in [2.05, 4.69) is 16.2 Å². The summed E-state index contributed by atoms with van der Waals surface area (Å²) in [7, 11) is 0. The number of nitrogens with one attached hydrogen (secondary N) is 1. The van der Waals surface area contributed by atoms with Crippen LogP contribution in [0.2, 0.25) is 0 Å². The van der Waals surface area contributed by atoms with Crippen LogP contribution in [0, 0.1) is 19.3 Å². The predicted molar refractivity (Wildman–Crippen MR) is 108 cm³/mol. The minimum absolute atomic E-state index is 0.122. The fourth-order valence-corrected chi connectivity index (χ4v) is 3.82. The van der Waals surface area contributed by atoms with E-state index < -0.39 is 5.91 Å². The SMILES string of the molecule is C#Cc1c(NCCCCO)nc2sc(C(N)=O)c(N)c2c1-c1ccc(C)o1. The zero-order valence-electron chi connectivity index (χ0n) is 14.8. The van der Waals surface area contributed by atoms with Crippen molar-refractivity contribution in [2.75, 3.05) is 24.2 Å². The number of aliphatic hydroxyl groups is 1. The van der Waals surface area contributed by atoms with Gasteiger partial charge in [-0.15, -0.1) is 17.8 Å². The lowest BCUT2D eigenvalue weighted by Gasteiger charge is -2.12. The second kappa shape index (κ2) is 7.70. The number of thiophene rings is 1. The van der Waals surface area contributed by atoms with E-state index >= 15 is 0 Å². The molecule has 1 amide bonds. The van der Waals surface area contributed by atoms with Gasteiger partial charge in [-0.05, 0) is 31.9 Å². The summed E-state index contributed by atoms with van der Waals surface area (Å²) in [4.78, 5) is 17.1. The number of nitrogen functional groups attached to an aromatic ring is 1. The summed E-state index contributed by atoms with van der Waals surface area (Å²) in [5.41, 5.74) is 13.0. The van der Waals surface area contributed by atoms with Crippen molar-refractivity contribution >= 4 is 39.0 Å². The minimum Gasteiger partial charge on any atom is -0.461 e. The Bertz CT molecular complexity index is 1050. The van der Waals surface area contributed by atoms with Crippen molar-refractivity contribution in [3.63, 3.8) is 0 Å². The van der Waals surface area contributed by atoms with Crippen LogP contribution in [0.25, 0.3) is 21.5 Å². The zero-order chi connectivity index (χ0) is 19.6. The van der Waals surface area contributed by atoms with E-state index in [0.717, 1.165) is 23.5 Å². The summed E-state index contributed by atoms with van der Waals surface area (Å²) in [6, 6.07) is 3.63. The number of carbonyl (C=O) groups is 1. The van der Waals surface area contributed by atoms with Gasteiger partial charge in [-0.3, -0.25) is 4.79 Å². The number of primary amides is 1. The fourth-order valence-electron chi connectivity index (χ4n) is 2.86. The number of nitrogens with two attached hydrogens (primary N) is 2. The highest BCUT2D eigenvalue weighted by molar-refractivity contribution is 7.21. The lowest BCUT2D eigenvalue weighted by atomic mass is 10.0. The molecule has 0 bridgehead atoms. The van der Waals surface area contributed by atoms with Crippen molar-refractivity contribution in [2.24, 2.45) is 5.73 Å². The molecule has 8 heteroatoms. The van der Waals surface area contributed by atoms with Gasteiger partial charge < -0.3 is 26.3 Å². The molecule has 27 heavy (non-hydrogen) atoms. The van der Waals surface area contributed by atoms with Crippen molar-refractivity contribution in [3.05, 3.63) is 28.3 Å². The number of nitrogens with zero attached hydrogens (tertiary/aromatic N) is 1. The molecule has 0 aliphatic heterocycles. The largest absolute Gasteiger partial charge is 0.461 e. The predicted octanol–water partition coefficient (Wildman–Crippen LogP) is 2.71. The summed E-state index contributed by atoms with van der Waals surface area (Å²) >= 11 is 1.12. The van der Waals surface area contributed by atoms with E-state index in [1.54, 1.807) is 0 Å². The molecule has 3 aromatic heterocycles. The van der Waals surface area contributed by atoms with Gasteiger partial charge >= 0.3 is 0 Å². The average Bonchev–Trinajstić information content (AvgIpc) is 3.21. The number of hydrogen-bond donors (Lipinski definition) is 4. The molecule has 0 aromatic carbocycles. The number of aryl methyl sites for hydroxylation is 1. The van der Waals surface area contributed by atoms with Crippen LogP contribution in [-0.4, -0.2) is 29.1 Å². The zero-order valence-corrected chi connectivity index (χ0v) is 15.7. The number of pyridine rings is 1. The number of anilines is 2. The van der Waals surface area contributed by atoms with Crippen molar-refractivity contribution in [1.82, 2.24) is 4.98 Å². The maximum absolute atomic E-state index is 11.7. The third kappa shape index (κ3) is 3.47. The number of aromatic nitrogens is 1. The Labute approximate surface area is 160 Å². The van der Waals surface area contributed by atoms with E-state index in [0.29, 0.717) is 45.9 Å². The molecule has 0 aliphatic carbocycles. The van der Waals surface area contributed by atoms with Crippen LogP contribution in [0.1, 0.15) is 33.8 Å². The topological polar surface area (TPSA) is 127 Å². The third-order valence-electron chi connectivity index (χ3n) is 4.11. The molecule has 0 aliphatic rings. The highest BCUT2D eigenvalue weighted by Crippen LogP contribution is 2.43. The molecule has 3 aromatic rings. The number of terminal acetylenes is 1. The van der Waals surface area contributed by atoms with Crippen molar-refractivity contribution in [1.29, 1.82) is 0 Å². The second-order valence-electron chi connectivity index (χ2n) is 6.01. The first-order valence-electron chi connectivity index (χ1n) is 8.41. The summed E-state index contributed by atoms with van der Waals surface area (Å²) in [5.74, 6) is 3.83. The summed E-state index contributed by atoms with van der Waals surface area (Å²) in [6.07, 6.45) is 7.22. The first kappa shape index (κ1) is 18.8. The van der Waals surface area contributed by atoms with Crippen LogP contribution < -0.4 is 16.8 Å². The molecular weight excluding hydrogens is 364 g/mol. The van der Waals surface area contributed by atoms with Crippen LogP contribution in [0.4, 0.5) is 11.5 Å². The summed E-state index contributed by atoms with van der Waals surface area (Å²) in [5, 5.41) is 12.7. The molecule has 0 spiro atoms. The van der Waals surface area contributed by atoms with E-state index in [1.807, 2.05) is 19.1 Å². The molecule has 140 valence electrons. The van der Waals surface area contributed by atoms with Crippen LogP contribution >= 0.6 is 11.3 Å². The molecule has 0 saturated carbocycles. The van der Waals surface area contributed by atoms with Gasteiger partial charge in [0, 0.05) is 24.1 Å². The monoisotopic (exact) mass is 384 g/mol. The number of amides is 1. The first-order chi connectivity index (χ1) is 13.0. The van der Waals surface area contributed by atoms with E-state index in [1.165, 1.54) is 0 Å². The van der Waals surface area contributed by atoms with Crippen molar-refractivity contribution in [3.8, 4) is 23.7 Å². The lowest BCUT2D eigenvalue weighted by molar-refractivity contribution is 0.100. The molecule has 0 radical (unpaired) electrons. The normalized spacial score (nSPS) is 10.9. The Balaban J connectivity index is 2.25. The van der Waals surface area contributed by atoms with Crippen LogP contribution in [0.5, 0.6) is 0 Å². The third-order valence-corrected chi connectivity index (χ3v) is 5.22. The molecule has 0 atom stereocenters. The average molecular weight is 384 g/mol. The molecule has 6 N–H and O–H groups in total. The smallest absolute Gasteiger partial charge is 0.260 e. The highest BCUT2D eigenvalue weighted by Gasteiger charge is 2.24. The van der Waals surface area contributed by atoms with Gasteiger partial charge in [0.15, 0.2) is 0 Å². The molecular formula is C19H20N4O3S. The lowest BCUT2D eigenvalue weighted by Crippen LogP contribution is -2.10. The summed E-state index contributed by atoms with van der Waals surface area (Å²) < 4.78 is 5.79. The number of aliphatic hydroxyl groups excluding tert-OH is 1. The van der Waals surface area contributed by atoms with Crippen molar-refractivity contribution < 1.29 is 14.3 Å². The maximum Gasteiger partial charge on any atom is 0.260 e. The van der Waals surface area contributed by atoms with Crippen molar-refractivity contribution in [2.45, 2.75) is 19.8 Å². The second-order valence-corrected chi connectivity index (χ2v) is 7.01. The summed E-state index contributed by atoms with van der Waals surface area (Å²) in [6.45, 7) is 2.54. The fraction of sp³-hybridized carbons (Fsp3) is 0.263. The Morgan fingerprint density at radius 3 is 2.81 bits per heavy atom. The quantitative estimate of drug-likeness (QED) is 0.366. The van der Waals surface area contributed by atoms with Crippen LogP contribution in [-0.2, 0) is 0 Å². The van der Waals surface area contributed by atoms with Crippen LogP contribution in [0.3, 0.4) is 0 Å². The maximum atomic E-state index is 11.7.